The van der Waals surface area contributed by atoms with E-state index in [0.717, 1.165) is 0 Å². The minimum atomic E-state index is -0.482. The van der Waals surface area contributed by atoms with Crippen LogP contribution < -0.4 is 11.0 Å². The fourth-order valence-corrected chi connectivity index (χ4v) is 0.656. The Hall–Kier alpha value is -1.52. The van der Waals surface area contributed by atoms with Crippen LogP contribution in [0.3, 0.4) is 0 Å². The molecule has 0 saturated heterocycles. The Morgan fingerprint density at radius 3 is 3.11 bits per heavy atom. The number of aromatic amines is 1. The van der Waals surface area contributed by atoms with Crippen molar-refractivity contribution in [1.82, 2.24) is 9.97 Å². The molecule has 0 saturated carbocycles. The lowest BCUT2D eigenvalue weighted by Gasteiger charge is -1.66. The molecule has 1 aromatic rings. The standard InChI is InChI=1S/C4H2N4O/c9-4-7-2-3(8-4)6-1-5-2/h1H,(H,5,6,7,8,9). The monoisotopic (exact) mass is 122 g/mol. The summed E-state index contributed by atoms with van der Waals surface area (Å²) in [7, 11) is 0. The van der Waals surface area contributed by atoms with Crippen LogP contribution in [0.25, 0.3) is 0 Å². The molecule has 2 heterocycles. The number of nitrogens with zero attached hydrogens (tertiary/aromatic N) is 3. The van der Waals surface area contributed by atoms with Crippen LogP contribution in [0, 0.1) is 0 Å². The van der Waals surface area contributed by atoms with Gasteiger partial charge in [-0.05, 0) is 0 Å². The van der Waals surface area contributed by atoms with Crippen molar-refractivity contribution in [2.75, 3.05) is 0 Å². The lowest BCUT2D eigenvalue weighted by molar-refractivity contribution is 0.256. The van der Waals surface area contributed by atoms with E-state index in [9.17, 15) is 4.79 Å². The number of carbonyl (C=O) groups excluding carboxylic acids is 1. The molecular weight excluding hydrogens is 120 g/mol. The number of rotatable bonds is 0. The summed E-state index contributed by atoms with van der Waals surface area (Å²) < 4.78 is 0. The molecule has 1 aliphatic heterocycles. The highest BCUT2D eigenvalue weighted by Crippen LogP contribution is 1.78. The summed E-state index contributed by atoms with van der Waals surface area (Å²) in [5, 5.41) is 0. The Morgan fingerprint density at radius 2 is 2.33 bits per heavy atom. The summed E-state index contributed by atoms with van der Waals surface area (Å²) >= 11 is 0. The number of nitrogens with one attached hydrogen (secondary N) is 1. The van der Waals surface area contributed by atoms with Crippen molar-refractivity contribution in [3.8, 4) is 0 Å². The maximum Gasteiger partial charge on any atom is 0.371 e. The minimum absolute atomic E-state index is 0.389. The van der Waals surface area contributed by atoms with E-state index in [-0.39, 0.29) is 0 Å². The Morgan fingerprint density at radius 1 is 1.44 bits per heavy atom. The second kappa shape index (κ2) is 1.25. The predicted octanol–water partition coefficient (Wildman–Crippen LogP) is -1.22. The number of hydrogen-bond donors (Lipinski definition) is 1. The molecule has 44 valence electrons. The van der Waals surface area contributed by atoms with Gasteiger partial charge in [-0.25, -0.2) is 9.78 Å². The van der Waals surface area contributed by atoms with Gasteiger partial charge in [0.05, 0.1) is 6.33 Å². The van der Waals surface area contributed by atoms with E-state index in [0.29, 0.717) is 11.0 Å². The van der Waals surface area contributed by atoms with Crippen molar-refractivity contribution in [2.45, 2.75) is 0 Å². The average Bonchev–Trinajstić information content (AvgIpc) is 2.22. The first kappa shape index (κ1) is 4.37. The van der Waals surface area contributed by atoms with Gasteiger partial charge in [-0.1, -0.05) is 0 Å². The molecule has 0 radical (unpaired) electrons. The van der Waals surface area contributed by atoms with Gasteiger partial charge in [0.25, 0.3) is 0 Å². The van der Waals surface area contributed by atoms with Gasteiger partial charge in [-0.3, -0.25) is 0 Å². The van der Waals surface area contributed by atoms with Crippen molar-refractivity contribution in [2.24, 2.45) is 9.98 Å². The second-order valence-electron chi connectivity index (χ2n) is 1.58. The third kappa shape index (κ3) is 0.479. The molecule has 2 amide bonds. The number of amides is 2. The lowest BCUT2D eigenvalue weighted by atomic mass is 10.8. The molecule has 9 heavy (non-hydrogen) atoms. The van der Waals surface area contributed by atoms with Gasteiger partial charge in [-0.15, -0.1) is 0 Å². The maximum absolute atomic E-state index is 10.4. The van der Waals surface area contributed by atoms with Crippen molar-refractivity contribution in [3.05, 3.63) is 17.3 Å². The third-order valence-corrected chi connectivity index (χ3v) is 1.01. The molecule has 0 aliphatic carbocycles. The smallest absolute Gasteiger partial charge is 0.328 e. The molecule has 1 aromatic heterocycles. The Labute approximate surface area is 49.2 Å². The largest absolute Gasteiger partial charge is 0.371 e. The SMILES string of the molecule is O=C1N=c2nc[nH]c2=N1. The quantitative estimate of drug-likeness (QED) is 0.468. The molecule has 0 unspecified atom stereocenters. The van der Waals surface area contributed by atoms with Crippen LogP contribution in [0.15, 0.2) is 16.3 Å². The van der Waals surface area contributed by atoms with Crippen molar-refractivity contribution in [1.29, 1.82) is 0 Å². The van der Waals surface area contributed by atoms with Gasteiger partial charge < -0.3 is 4.98 Å². The summed E-state index contributed by atoms with van der Waals surface area (Å²) in [4.78, 5) is 23.7. The fraction of sp³-hybridized carbons (Fsp3) is 0. The van der Waals surface area contributed by atoms with Gasteiger partial charge in [0.1, 0.15) is 0 Å². The topological polar surface area (TPSA) is 70.5 Å². The fourth-order valence-electron chi connectivity index (χ4n) is 0.656. The van der Waals surface area contributed by atoms with E-state index in [1.54, 1.807) is 0 Å². The first-order chi connectivity index (χ1) is 4.36. The van der Waals surface area contributed by atoms with Crippen LogP contribution in [0.5, 0.6) is 0 Å². The van der Waals surface area contributed by atoms with Crippen molar-refractivity contribution >= 4 is 6.03 Å². The van der Waals surface area contributed by atoms with Crippen LogP contribution in [0.2, 0.25) is 0 Å². The molecule has 0 atom stereocenters. The molecule has 0 bridgehead atoms. The Balaban J connectivity index is 3.01. The normalized spacial score (nSPS) is 14.4. The summed E-state index contributed by atoms with van der Waals surface area (Å²) in [6, 6.07) is -0.482. The first-order valence-corrected chi connectivity index (χ1v) is 2.37. The zero-order valence-corrected chi connectivity index (χ0v) is 4.33. The summed E-state index contributed by atoms with van der Waals surface area (Å²) in [5.74, 6) is 0. The number of H-pyrrole nitrogens is 1. The van der Waals surface area contributed by atoms with Crippen LogP contribution >= 0.6 is 0 Å². The number of carbonyl (C=O) groups is 1. The summed E-state index contributed by atoms with van der Waals surface area (Å²) in [6.45, 7) is 0. The zero-order valence-electron chi connectivity index (χ0n) is 4.33. The number of urea groups is 1. The van der Waals surface area contributed by atoms with Gasteiger partial charge in [0.2, 0.25) is 5.49 Å². The molecule has 5 nitrogen and oxygen atoms in total. The van der Waals surface area contributed by atoms with Gasteiger partial charge in [-0.2, -0.15) is 9.98 Å². The highest BCUT2D eigenvalue weighted by Gasteiger charge is 2.04. The molecule has 1 N–H and O–H groups in total. The Kier molecular flexibility index (Phi) is 0.606. The molecule has 2 rings (SSSR count). The number of fused-ring (bicyclic) bond motifs is 1. The van der Waals surface area contributed by atoms with Crippen LogP contribution in [0.4, 0.5) is 4.79 Å². The number of aromatic nitrogens is 2. The predicted molar refractivity (Wildman–Crippen MR) is 26.3 cm³/mol. The lowest BCUT2D eigenvalue weighted by Crippen LogP contribution is -2.20. The molecule has 5 heteroatoms. The Bertz CT molecular complexity index is 330. The number of hydrogen-bond acceptors (Lipinski definition) is 2. The zero-order chi connectivity index (χ0) is 6.27. The highest BCUT2D eigenvalue weighted by atomic mass is 16.2. The summed E-state index contributed by atoms with van der Waals surface area (Å²) in [6.07, 6.45) is 1.45. The van der Waals surface area contributed by atoms with E-state index in [1.165, 1.54) is 6.33 Å². The average molecular weight is 122 g/mol. The van der Waals surface area contributed by atoms with Crippen LogP contribution in [-0.2, 0) is 0 Å². The van der Waals surface area contributed by atoms with Gasteiger partial charge in [0, 0.05) is 0 Å². The third-order valence-electron chi connectivity index (χ3n) is 1.01. The van der Waals surface area contributed by atoms with Crippen molar-refractivity contribution in [3.63, 3.8) is 0 Å². The van der Waals surface area contributed by atoms with Gasteiger partial charge >= 0.3 is 6.03 Å². The highest BCUT2D eigenvalue weighted by molar-refractivity contribution is 5.76. The number of imidazole rings is 1. The van der Waals surface area contributed by atoms with E-state index < -0.39 is 6.03 Å². The van der Waals surface area contributed by atoms with Gasteiger partial charge in [0.15, 0.2) is 5.49 Å². The summed E-state index contributed by atoms with van der Waals surface area (Å²) in [5.41, 5.74) is 0.847. The first-order valence-electron chi connectivity index (χ1n) is 2.37. The van der Waals surface area contributed by atoms with Crippen LogP contribution in [0.1, 0.15) is 0 Å². The van der Waals surface area contributed by atoms with Crippen LogP contribution in [-0.4, -0.2) is 16.0 Å². The molecule has 0 fully saturated rings. The van der Waals surface area contributed by atoms with E-state index in [1.807, 2.05) is 0 Å². The van der Waals surface area contributed by atoms with E-state index in [4.69, 9.17) is 0 Å². The van der Waals surface area contributed by atoms with Crippen molar-refractivity contribution < 1.29 is 4.79 Å². The minimum Gasteiger partial charge on any atom is -0.328 e. The molecule has 0 spiro atoms. The maximum atomic E-state index is 10.4. The second-order valence-corrected chi connectivity index (χ2v) is 1.58. The van der Waals surface area contributed by atoms with E-state index in [2.05, 4.69) is 20.0 Å². The molecule has 1 aliphatic rings. The van der Waals surface area contributed by atoms with E-state index >= 15 is 0 Å². The molecule has 0 aromatic carbocycles. The molecular formula is C4H2N4O.